The van der Waals surface area contributed by atoms with Crippen molar-refractivity contribution in [3.05, 3.63) is 63.3 Å². The Morgan fingerprint density at radius 1 is 1.04 bits per heavy atom. The normalized spacial score (nSPS) is 10.7. The summed E-state index contributed by atoms with van der Waals surface area (Å²) in [4.78, 5) is 37.8. The lowest BCUT2D eigenvalue weighted by atomic mass is 10.2. The second kappa shape index (κ2) is 7.99. The van der Waals surface area contributed by atoms with E-state index in [-0.39, 0.29) is 18.6 Å². The van der Waals surface area contributed by atoms with Crippen LogP contribution in [0.2, 0.25) is 0 Å². The lowest BCUT2D eigenvalue weighted by Crippen LogP contribution is -2.41. The molecule has 8 heteroatoms. The number of aromatic nitrogens is 2. The van der Waals surface area contributed by atoms with Crippen molar-refractivity contribution < 1.29 is 14.3 Å². The van der Waals surface area contributed by atoms with Crippen LogP contribution in [-0.2, 0) is 17.9 Å². The van der Waals surface area contributed by atoms with E-state index in [0.717, 1.165) is 4.57 Å². The molecular formula is C20H21N3O5. The third kappa shape index (κ3) is 3.48. The summed E-state index contributed by atoms with van der Waals surface area (Å²) in [5.41, 5.74) is -0.0202. The summed E-state index contributed by atoms with van der Waals surface area (Å²) in [5, 5.41) is 3.13. The van der Waals surface area contributed by atoms with E-state index in [1.807, 2.05) is 0 Å². The van der Waals surface area contributed by atoms with Crippen molar-refractivity contribution in [2.75, 3.05) is 19.5 Å². The Morgan fingerprint density at radius 3 is 2.46 bits per heavy atom. The molecule has 0 fully saturated rings. The fourth-order valence-corrected chi connectivity index (χ4v) is 3.04. The minimum absolute atomic E-state index is 0.219. The molecule has 2 aromatic carbocycles. The molecule has 8 nitrogen and oxygen atoms in total. The zero-order valence-electron chi connectivity index (χ0n) is 15.9. The van der Waals surface area contributed by atoms with E-state index in [2.05, 4.69) is 5.32 Å². The highest BCUT2D eigenvalue weighted by Gasteiger charge is 2.15. The van der Waals surface area contributed by atoms with E-state index in [4.69, 9.17) is 9.47 Å². The van der Waals surface area contributed by atoms with Crippen LogP contribution in [0.3, 0.4) is 0 Å². The smallest absolute Gasteiger partial charge is 0.331 e. The van der Waals surface area contributed by atoms with Crippen LogP contribution in [0.4, 0.5) is 5.69 Å². The number of rotatable bonds is 6. The predicted octanol–water partition coefficient (Wildman–Crippen LogP) is 1.84. The Labute approximate surface area is 160 Å². The number of ether oxygens (including phenoxy) is 2. The summed E-state index contributed by atoms with van der Waals surface area (Å²) in [5.74, 6) is 0.604. The van der Waals surface area contributed by atoms with Gasteiger partial charge in [0.1, 0.15) is 18.0 Å². The summed E-state index contributed by atoms with van der Waals surface area (Å²) in [6.07, 6.45) is 0. The van der Waals surface area contributed by atoms with Crippen LogP contribution in [0, 0.1) is 0 Å². The van der Waals surface area contributed by atoms with Crippen molar-refractivity contribution in [1.82, 2.24) is 9.13 Å². The summed E-state index contributed by atoms with van der Waals surface area (Å²) < 4.78 is 12.8. The number of hydrogen-bond acceptors (Lipinski definition) is 5. The van der Waals surface area contributed by atoms with Crippen LogP contribution in [-0.4, -0.2) is 29.3 Å². The largest absolute Gasteiger partial charge is 0.497 e. The van der Waals surface area contributed by atoms with Crippen LogP contribution >= 0.6 is 0 Å². The molecule has 28 heavy (non-hydrogen) atoms. The van der Waals surface area contributed by atoms with Gasteiger partial charge in [-0.25, -0.2) is 4.79 Å². The van der Waals surface area contributed by atoms with E-state index in [1.54, 1.807) is 49.4 Å². The maximum Gasteiger partial charge on any atom is 0.331 e. The van der Waals surface area contributed by atoms with E-state index < -0.39 is 11.6 Å². The molecule has 0 radical (unpaired) electrons. The Kier molecular flexibility index (Phi) is 5.49. The zero-order chi connectivity index (χ0) is 20.3. The van der Waals surface area contributed by atoms with Crippen molar-refractivity contribution in [1.29, 1.82) is 0 Å². The van der Waals surface area contributed by atoms with Gasteiger partial charge in [0.05, 0.1) is 30.8 Å². The van der Waals surface area contributed by atoms with E-state index in [1.165, 1.54) is 18.8 Å². The maximum absolute atomic E-state index is 12.7. The average Bonchev–Trinajstić information content (AvgIpc) is 2.71. The number of methoxy groups -OCH3 is 2. The number of para-hydroxylation sites is 1. The van der Waals surface area contributed by atoms with Crippen LogP contribution in [0.15, 0.2) is 52.1 Å². The Bertz CT molecular complexity index is 1150. The highest BCUT2D eigenvalue weighted by Crippen LogP contribution is 2.29. The predicted molar refractivity (Wildman–Crippen MR) is 106 cm³/mol. The summed E-state index contributed by atoms with van der Waals surface area (Å²) >= 11 is 0. The molecule has 1 aromatic heterocycles. The molecule has 0 spiro atoms. The molecule has 0 aliphatic heterocycles. The van der Waals surface area contributed by atoms with Crippen LogP contribution in [0.5, 0.6) is 11.5 Å². The number of amides is 1. The van der Waals surface area contributed by atoms with Gasteiger partial charge < -0.3 is 14.8 Å². The minimum atomic E-state index is -0.525. The number of hydrogen-bond donors (Lipinski definition) is 1. The maximum atomic E-state index is 12.7. The van der Waals surface area contributed by atoms with Gasteiger partial charge in [-0.15, -0.1) is 0 Å². The molecular weight excluding hydrogens is 362 g/mol. The number of carbonyl (C=O) groups excluding carboxylic acids is 1. The van der Waals surface area contributed by atoms with Crippen LogP contribution in [0.25, 0.3) is 10.9 Å². The molecule has 0 aliphatic carbocycles. The molecule has 3 aromatic rings. The van der Waals surface area contributed by atoms with Crippen molar-refractivity contribution in [2.24, 2.45) is 0 Å². The standard InChI is InChI=1S/C20H21N3O5/c1-4-22-19(25)14-7-5-6-8-16(14)23(20(22)26)12-18(24)21-15-10-9-13(27-2)11-17(15)28-3/h5-11H,4,12H2,1-3H3,(H,21,24). The topological polar surface area (TPSA) is 91.6 Å². The van der Waals surface area contributed by atoms with Gasteiger partial charge in [0.2, 0.25) is 5.91 Å². The Balaban J connectivity index is 1.98. The third-order valence-electron chi connectivity index (χ3n) is 4.43. The molecule has 0 aliphatic rings. The SMILES string of the molecule is CCn1c(=O)c2ccccc2n(CC(=O)Nc2ccc(OC)cc2OC)c1=O. The van der Waals surface area contributed by atoms with Gasteiger partial charge in [-0.1, -0.05) is 12.1 Å². The monoisotopic (exact) mass is 383 g/mol. The van der Waals surface area contributed by atoms with Gasteiger partial charge in [-0.3, -0.25) is 18.7 Å². The Hall–Kier alpha value is -3.55. The number of nitrogens with zero attached hydrogens (tertiary/aromatic N) is 2. The number of fused-ring (bicyclic) bond motifs is 1. The van der Waals surface area contributed by atoms with Crippen molar-refractivity contribution in [3.8, 4) is 11.5 Å². The van der Waals surface area contributed by atoms with Crippen molar-refractivity contribution in [2.45, 2.75) is 20.0 Å². The highest BCUT2D eigenvalue weighted by molar-refractivity contribution is 5.93. The quantitative estimate of drug-likeness (QED) is 0.701. The summed E-state index contributed by atoms with van der Waals surface area (Å²) in [6.45, 7) is 1.69. The van der Waals surface area contributed by atoms with E-state index in [9.17, 15) is 14.4 Å². The van der Waals surface area contributed by atoms with Crippen LogP contribution in [0.1, 0.15) is 6.92 Å². The lowest BCUT2D eigenvalue weighted by Gasteiger charge is -2.14. The van der Waals surface area contributed by atoms with Crippen molar-refractivity contribution >= 4 is 22.5 Å². The van der Waals surface area contributed by atoms with Gasteiger partial charge in [0, 0.05) is 12.6 Å². The molecule has 1 heterocycles. The first-order valence-corrected chi connectivity index (χ1v) is 8.74. The number of nitrogens with one attached hydrogen (secondary N) is 1. The summed E-state index contributed by atoms with van der Waals surface area (Å²) in [7, 11) is 3.02. The second-order valence-corrected chi connectivity index (χ2v) is 6.05. The first-order valence-electron chi connectivity index (χ1n) is 8.74. The molecule has 0 saturated carbocycles. The van der Waals surface area contributed by atoms with Gasteiger partial charge in [-0.2, -0.15) is 0 Å². The van der Waals surface area contributed by atoms with Crippen LogP contribution < -0.4 is 26.0 Å². The molecule has 0 atom stereocenters. The highest BCUT2D eigenvalue weighted by atomic mass is 16.5. The third-order valence-corrected chi connectivity index (χ3v) is 4.43. The van der Waals surface area contributed by atoms with Gasteiger partial charge >= 0.3 is 5.69 Å². The average molecular weight is 383 g/mol. The second-order valence-electron chi connectivity index (χ2n) is 6.05. The molecule has 0 unspecified atom stereocenters. The summed E-state index contributed by atoms with van der Waals surface area (Å²) in [6, 6.07) is 11.7. The molecule has 1 amide bonds. The lowest BCUT2D eigenvalue weighted by molar-refractivity contribution is -0.116. The number of carbonyl (C=O) groups is 1. The number of benzene rings is 2. The molecule has 0 bridgehead atoms. The van der Waals surface area contributed by atoms with Crippen molar-refractivity contribution in [3.63, 3.8) is 0 Å². The van der Waals surface area contributed by atoms with E-state index >= 15 is 0 Å². The molecule has 3 rings (SSSR count). The fraction of sp³-hybridized carbons (Fsp3) is 0.250. The Morgan fingerprint density at radius 2 is 1.79 bits per heavy atom. The van der Waals surface area contributed by atoms with E-state index in [0.29, 0.717) is 28.1 Å². The fourth-order valence-electron chi connectivity index (χ4n) is 3.04. The first-order chi connectivity index (χ1) is 13.5. The van der Waals surface area contributed by atoms with Gasteiger partial charge in [0.25, 0.3) is 5.56 Å². The zero-order valence-corrected chi connectivity index (χ0v) is 15.9. The molecule has 0 saturated heterocycles. The molecule has 1 N–H and O–H groups in total. The number of anilines is 1. The van der Waals surface area contributed by atoms with Gasteiger partial charge in [-0.05, 0) is 31.2 Å². The minimum Gasteiger partial charge on any atom is -0.497 e. The molecule has 146 valence electrons. The van der Waals surface area contributed by atoms with Gasteiger partial charge in [0.15, 0.2) is 0 Å². The first kappa shape index (κ1) is 19.2.